The molecular weight excluding hydrogens is 166 g/mol. The summed E-state index contributed by atoms with van der Waals surface area (Å²) < 4.78 is 1.61. The van der Waals surface area contributed by atoms with E-state index in [1.165, 1.54) is 0 Å². The van der Waals surface area contributed by atoms with Crippen molar-refractivity contribution in [1.29, 1.82) is 0 Å². The summed E-state index contributed by atoms with van der Waals surface area (Å²) >= 11 is 0. The molecule has 0 aromatic carbocycles. The van der Waals surface area contributed by atoms with Crippen LogP contribution >= 0.6 is 0 Å². The van der Waals surface area contributed by atoms with Crippen LogP contribution in [0, 0.1) is 0 Å². The number of nitrogens with one attached hydrogen (secondary N) is 1. The minimum Gasteiger partial charge on any atom is -0.313 e. The first-order chi connectivity index (χ1) is 6.36. The summed E-state index contributed by atoms with van der Waals surface area (Å²) in [6.45, 7) is 0.588. The molecule has 0 unspecified atom stereocenters. The van der Waals surface area contributed by atoms with Gasteiger partial charge in [0.15, 0.2) is 0 Å². The number of rotatable bonds is 2. The normalized spacial score (nSPS) is 10.2. The SMILES string of the molecule is O=c1[nH]ccn1Cc1ccncc1. The van der Waals surface area contributed by atoms with Gasteiger partial charge in [-0.3, -0.25) is 9.55 Å². The van der Waals surface area contributed by atoms with Crippen molar-refractivity contribution in [3.63, 3.8) is 0 Å². The van der Waals surface area contributed by atoms with Gasteiger partial charge in [-0.05, 0) is 17.7 Å². The Morgan fingerprint density at radius 1 is 1.38 bits per heavy atom. The summed E-state index contributed by atoms with van der Waals surface area (Å²) in [6, 6.07) is 3.78. The Bertz CT molecular complexity index is 429. The van der Waals surface area contributed by atoms with Gasteiger partial charge in [0, 0.05) is 24.8 Å². The van der Waals surface area contributed by atoms with Gasteiger partial charge in [-0.2, -0.15) is 0 Å². The fourth-order valence-electron chi connectivity index (χ4n) is 1.16. The van der Waals surface area contributed by atoms with Gasteiger partial charge in [0.25, 0.3) is 0 Å². The molecule has 2 heterocycles. The number of nitrogens with zero attached hydrogens (tertiary/aromatic N) is 2. The van der Waals surface area contributed by atoms with Crippen LogP contribution in [0.15, 0.2) is 41.7 Å². The molecule has 13 heavy (non-hydrogen) atoms. The smallest absolute Gasteiger partial charge is 0.313 e. The molecule has 0 saturated carbocycles. The van der Waals surface area contributed by atoms with Crippen molar-refractivity contribution in [2.45, 2.75) is 6.54 Å². The van der Waals surface area contributed by atoms with E-state index in [0.717, 1.165) is 5.56 Å². The van der Waals surface area contributed by atoms with Crippen LogP contribution in [0.3, 0.4) is 0 Å². The monoisotopic (exact) mass is 175 g/mol. The quantitative estimate of drug-likeness (QED) is 0.727. The molecule has 0 saturated heterocycles. The van der Waals surface area contributed by atoms with Gasteiger partial charge in [-0.15, -0.1) is 0 Å². The van der Waals surface area contributed by atoms with Crippen molar-refractivity contribution in [3.8, 4) is 0 Å². The predicted octanol–water partition coefficient (Wildman–Crippen LogP) is 0.620. The zero-order valence-corrected chi connectivity index (χ0v) is 6.97. The van der Waals surface area contributed by atoms with Crippen molar-refractivity contribution in [2.75, 3.05) is 0 Å². The number of aromatic nitrogens is 3. The minimum atomic E-state index is -0.0863. The van der Waals surface area contributed by atoms with Crippen LogP contribution in [0.4, 0.5) is 0 Å². The molecule has 2 rings (SSSR count). The topological polar surface area (TPSA) is 50.7 Å². The van der Waals surface area contributed by atoms with Gasteiger partial charge in [0.05, 0.1) is 6.54 Å². The molecule has 0 fully saturated rings. The van der Waals surface area contributed by atoms with Gasteiger partial charge >= 0.3 is 5.69 Å². The van der Waals surface area contributed by atoms with E-state index in [1.54, 1.807) is 29.4 Å². The van der Waals surface area contributed by atoms with Gasteiger partial charge in [-0.25, -0.2) is 4.79 Å². The molecule has 0 amide bonds. The molecule has 66 valence electrons. The van der Waals surface area contributed by atoms with Crippen molar-refractivity contribution < 1.29 is 0 Å². The van der Waals surface area contributed by atoms with Crippen LogP contribution in [0.2, 0.25) is 0 Å². The Kier molecular flexibility index (Phi) is 1.96. The van der Waals surface area contributed by atoms with E-state index in [-0.39, 0.29) is 5.69 Å². The average Bonchev–Trinajstić information content (AvgIpc) is 2.54. The maximum absolute atomic E-state index is 11.1. The van der Waals surface area contributed by atoms with Crippen LogP contribution in [-0.4, -0.2) is 14.5 Å². The zero-order chi connectivity index (χ0) is 9.10. The Morgan fingerprint density at radius 2 is 2.15 bits per heavy atom. The third-order valence-corrected chi connectivity index (χ3v) is 1.82. The largest absolute Gasteiger partial charge is 0.325 e. The van der Waals surface area contributed by atoms with Crippen molar-refractivity contribution in [3.05, 3.63) is 53.0 Å². The summed E-state index contributed by atoms with van der Waals surface area (Å²) in [5.41, 5.74) is 0.980. The highest BCUT2D eigenvalue weighted by molar-refractivity contribution is 5.10. The van der Waals surface area contributed by atoms with Crippen LogP contribution < -0.4 is 5.69 Å². The number of hydrogen-bond donors (Lipinski definition) is 1. The van der Waals surface area contributed by atoms with E-state index in [2.05, 4.69) is 9.97 Å². The van der Waals surface area contributed by atoms with Crippen molar-refractivity contribution >= 4 is 0 Å². The highest BCUT2D eigenvalue weighted by Gasteiger charge is 1.96. The lowest BCUT2D eigenvalue weighted by molar-refractivity contribution is 0.761. The molecule has 4 heteroatoms. The maximum atomic E-state index is 11.1. The van der Waals surface area contributed by atoms with E-state index in [4.69, 9.17) is 0 Å². The molecule has 0 radical (unpaired) electrons. The lowest BCUT2D eigenvalue weighted by Crippen LogP contribution is -2.16. The van der Waals surface area contributed by atoms with Gasteiger partial charge in [-0.1, -0.05) is 0 Å². The fraction of sp³-hybridized carbons (Fsp3) is 0.111. The Labute approximate surface area is 74.9 Å². The Morgan fingerprint density at radius 3 is 2.77 bits per heavy atom. The minimum absolute atomic E-state index is 0.0863. The molecule has 0 bridgehead atoms. The second kappa shape index (κ2) is 3.26. The Hall–Kier alpha value is -1.84. The molecule has 2 aromatic heterocycles. The van der Waals surface area contributed by atoms with Crippen molar-refractivity contribution in [2.24, 2.45) is 0 Å². The van der Waals surface area contributed by atoms with Crippen LogP contribution in [-0.2, 0) is 6.54 Å². The lowest BCUT2D eigenvalue weighted by Gasteiger charge is -1.99. The number of aromatic amines is 1. The first-order valence-electron chi connectivity index (χ1n) is 3.99. The highest BCUT2D eigenvalue weighted by atomic mass is 16.1. The van der Waals surface area contributed by atoms with Crippen LogP contribution in [0.25, 0.3) is 0 Å². The van der Waals surface area contributed by atoms with Gasteiger partial charge in [0.2, 0.25) is 0 Å². The lowest BCUT2D eigenvalue weighted by atomic mass is 10.3. The highest BCUT2D eigenvalue weighted by Crippen LogP contribution is 1.97. The van der Waals surface area contributed by atoms with E-state index in [9.17, 15) is 4.79 Å². The van der Waals surface area contributed by atoms with E-state index >= 15 is 0 Å². The second-order valence-corrected chi connectivity index (χ2v) is 2.75. The summed E-state index contributed by atoms with van der Waals surface area (Å²) in [7, 11) is 0. The van der Waals surface area contributed by atoms with Crippen molar-refractivity contribution in [1.82, 2.24) is 14.5 Å². The number of imidazole rings is 1. The predicted molar refractivity (Wildman–Crippen MR) is 48.4 cm³/mol. The standard InChI is InChI=1S/C9H9N3O/c13-9-11-5-6-12(9)7-8-1-3-10-4-2-8/h1-6H,7H2,(H,11,13). The van der Waals surface area contributed by atoms with E-state index < -0.39 is 0 Å². The molecule has 1 N–H and O–H groups in total. The zero-order valence-electron chi connectivity index (χ0n) is 6.97. The number of H-pyrrole nitrogens is 1. The van der Waals surface area contributed by atoms with Crippen LogP contribution in [0.1, 0.15) is 5.56 Å². The first-order valence-corrected chi connectivity index (χ1v) is 3.99. The van der Waals surface area contributed by atoms with Gasteiger partial charge in [0.1, 0.15) is 0 Å². The maximum Gasteiger partial charge on any atom is 0.325 e. The molecular formula is C9H9N3O. The van der Waals surface area contributed by atoms with Crippen LogP contribution in [0.5, 0.6) is 0 Å². The summed E-state index contributed by atoms with van der Waals surface area (Å²) in [5.74, 6) is 0. The molecule has 0 aliphatic rings. The second-order valence-electron chi connectivity index (χ2n) is 2.75. The molecule has 0 aliphatic heterocycles. The summed E-state index contributed by atoms with van der Waals surface area (Å²) in [5, 5.41) is 0. The third-order valence-electron chi connectivity index (χ3n) is 1.82. The molecule has 2 aromatic rings. The molecule has 4 nitrogen and oxygen atoms in total. The number of pyridine rings is 1. The van der Waals surface area contributed by atoms with E-state index in [0.29, 0.717) is 6.54 Å². The number of hydrogen-bond acceptors (Lipinski definition) is 2. The van der Waals surface area contributed by atoms with E-state index in [1.807, 2.05) is 12.1 Å². The van der Waals surface area contributed by atoms with Gasteiger partial charge < -0.3 is 4.98 Å². The third kappa shape index (κ3) is 1.66. The average molecular weight is 175 g/mol. The summed E-state index contributed by atoms with van der Waals surface area (Å²) in [6.07, 6.45) is 6.78. The fourth-order valence-corrected chi connectivity index (χ4v) is 1.16. The molecule has 0 atom stereocenters. The Balaban J connectivity index is 2.25. The summed E-state index contributed by atoms with van der Waals surface area (Å²) in [4.78, 5) is 17.6. The molecule has 0 spiro atoms. The first kappa shape index (κ1) is 7.79. The molecule has 0 aliphatic carbocycles.